The van der Waals surface area contributed by atoms with E-state index in [9.17, 15) is 20.0 Å². The average molecular weight is 409 g/mol. The highest BCUT2D eigenvalue weighted by atomic mass is 35.5. The molecule has 3 aromatic heterocycles. The van der Waals surface area contributed by atoms with Gasteiger partial charge in [0.1, 0.15) is 5.15 Å². The molecule has 0 unspecified atom stereocenters. The quantitative estimate of drug-likeness (QED) is 0.396. The lowest BCUT2D eigenvalue weighted by atomic mass is 10.0. The number of pyridine rings is 3. The van der Waals surface area contributed by atoms with Crippen molar-refractivity contribution in [3.8, 4) is 11.4 Å². The van der Waals surface area contributed by atoms with Gasteiger partial charge < -0.3 is 5.11 Å². The molecule has 0 saturated carbocycles. The molecule has 0 saturated heterocycles. The summed E-state index contributed by atoms with van der Waals surface area (Å²) in [4.78, 5) is 31.9. The number of aryl methyl sites for hydroxylation is 1. The maximum absolute atomic E-state index is 13.0. The van der Waals surface area contributed by atoms with Crippen LogP contribution >= 0.6 is 23.2 Å². The minimum atomic E-state index is -1.03. The Morgan fingerprint density at radius 3 is 2.59 bits per heavy atom. The van der Waals surface area contributed by atoms with Crippen LogP contribution in [0.2, 0.25) is 10.2 Å². The van der Waals surface area contributed by atoms with E-state index in [0.717, 1.165) is 4.57 Å². The summed E-state index contributed by atoms with van der Waals surface area (Å²) < 4.78 is 1.06. The third-order valence-corrected chi connectivity index (χ3v) is 4.79. The molecule has 0 spiro atoms. The van der Waals surface area contributed by atoms with Crippen molar-refractivity contribution < 1.29 is 10.0 Å². The number of fused-ring (bicyclic) bond motifs is 1. The van der Waals surface area contributed by atoms with Gasteiger partial charge in [-0.05, 0) is 30.5 Å². The second kappa shape index (κ2) is 6.79. The molecule has 1 N–H and O–H groups in total. The highest BCUT2D eigenvalue weighted by Crippen LogP contribution is 2.36. The van der Waals surface area contributed by atoms with E-state index in [1.807, 2.05) is 13.8 Å². The van der Waals surface area contributed by atoms with Crippen molar-refractivity contribution in [3.05, 3.63) is 60.2 Å². The molecule has 0 aliphatic carbocycles. The molecule has 0 aromatic carbocycles. The van der Waals surface area contributed by atoms with Crippen LogP contribution in [-0.4, -0.2) is 24.6 Å². The van der Waals surface area contributed by atoms with Crippen molar-refractivity contribution in [2.75, 3.05) is 0 Å². The highest BCUT2D eigenvalue weighted by molar-refractivity contribution is 6.41. The SMILES string of the molecule is Cc1ccnc(C(C)C)c1-n1c(=O)c([N+](=O)[O-])c(O)c2cc(Cl)c(Cl)nc21. The Kier molecular flexibility index (Phi) is 4.79. The van der Waals surface area contributed by atoms with Crippen LogP contribution in [0.1, 0.15) is 31.0 Å². The molecule has 3 aromatic rings. The number of aromatic hydroxyl groups is 1. The fourth-order valence-electron chi connectivity index (χ4n) is 2.89. The zero-order valence-corrected chi connectivity index (χ0v) is 16.0. The van der Waals surface area contributed by atoms with Gasteiger partial charge in [0.05, 0.1) is 26.7 Å². The van der Waals surface area contributed by atoms with Gasteiger partial charge >= 0.3 is 11.2 Å². The number of halogens is 2. The van der Waals surface area contributed by atoms with Crippen molar-refractivity contribution in [1.29, 1.82) is 0 Å². The molecule has 140 valence electrons. The van der Waals surface area contributed by atoms with Crippen LogP contribution in [0.15, 0.2) is 23.1 Å². The van der Waals surface area contributed by atoms with E-state index in [4.69, 9.17) is 23.2 Å². The average Bonchev–Trinajstić information content (AvgIpc) is 2.57. The summed E-state index contributed by atoms with van der Waals surface area (Å²) in [7, 11) is 0. The lowest BCUT2D eigenvalue weighted by Gasteiger charge is -2.18. The molecule has 0 aliphatic rings. The summed E-state index contributed by atoms with van der Waals surface area (Å²) in [6.45, 7) is 5.51. The van der Waals surface area contributed by atoms with E-state index in [0.29, 0.717) is 16.9 Å². The Bertz CT molecular complexity index is 1160. The van der Waals surface area contributed by atoms with E-state index >= 15 is 0 Å². The summed E-state index contributed by atoms with van der Waals surface area (Å²) in [5, 5.41) is 21.6. The van der Waals surface area contributed by atoms with E-state index in [1.165, 1.54) is 6.07 Å². The van der Waals surface area contributed by atoms with Crippen molar-refractivity contribution in [3.63, 3.8) is 0 Å². The summed E-state index contributed by atoms with van der Waals surface area (Å²) in [6.07, 6.45) is 1.59. The van der Waals surface area contributed by atoms with Gasteiger partial charge in [-0.15, -0.1) is 0 Å². The lowest BCUT2D eigenvalue weighted by Crippen LogP contribution is -2.25. The van der Waals surface area contributed by atoms with Crippen LogP contribution in [-0.2, 0) is 0 Å². The number of hydrogen-bond donors (Lipinski definition) is 1. The number of nitrogens with zero attached hydrogens (tertiary/aromatic N) is 4. The smallest absolute Gasteiger partial charge is 0.376 e. The first kappa shape index (κ1) is 19.1. The molecule has 3 rings (SSSR count). The van der Waals surface area contributed by atoms with E-state index < -0.39 is 21.9 Å². The monoisotopic (exact) mass is 408 g/mol. The lowest BCUT2D eigenvalue weighted by molar-refractivity contribution is -0.387. The molecule has 0 amide bonds. The minimum absolute atomic E-state index is 0.00837. The van der Waals surface area contributed by atoms with Crippen LogP contribution in [0.25, 0.3) is 16.7 Å². The van der Waals surface area contributed by atoms with Gasteiger partial charge in [-0.1, -0.05) is 37.0 Å². The van der Waals surface area contributed by atoms with E-state index in [1.54, 1.807) is 19.2 Å². The van der Waals surface area contributed by atoms with Gasteiger partial charge in [0.2, 0.25) is 5.75 Å². The topological polar surface area (TPSA) is 111 Å². The van der Waals surface area contributed by atoms with Gasteiger partial charge in [0, 0.05) is 6.20 Å². The maximum Gasteiger partial charge on any atom is 0.376 e. The predicted octanol–water partition coefficient (Wildman–Crippen LogP) is 4.13. The Hall–Kier alpha value is -2.71. The highest BCUT2D eigenvalue weighted by Gasteiger charge is 2.29. The molecular formula is C17H14Cl2N4O4. The van der Waals surface area contributed by atoms with Crippen LogP contribution in [0, 0.1) is 17.0 Å². The fraction of sp³-hybridized carbons (Fsp3) is 0.235. The fourth-order valence-corrected chi connectivity index (χ4v) is 3.18. The zero-order valence-electron chi connectivity index (χ0n) is 14.5. The van der Waals surface area contributed by atoms with Gasteiger partial charge in [0.25, 0.3) is 0 Å². The molecule has 8 nitrogen and oxygen atoms in total. The standard InChI is InChI=1S/C17H14Cl2N4O4/c1-7(2)11-12(8(3)4-5-20-11)22-16-9(6-10(18)15(19)21-16)14(24)13(17(22)25)23(26)27/h4-7,24H,1-3H3. The molecule has 27 heavy (non-hydrogen) atoms. The van der Waals surface area contributed by atoms with Crippen LogP contribution < -0.4 is 5.56 Å². The van der Waals surface area contributed by atoms with Crippen LogP contribution in [0.3, 0.4) is 0 Å². The Morgan fingerprint density at radius 1 is 1.33 bits per heavy atom. The Morgan fingerprint density at radius 2 is 2.00 bits per heavy atom. The van der Waals surface area contributed by atoms with Gasteiger partial charge in [-0.3, -0.25) is 24.5 Å². The summed E-state index contributed by atoms with van der Waals surface area (Å²) in [5.74, 6) is -0.896. The Labute approximate surface area is 163 Å². The minimum Gasteiger partial charge on any atom is -0.501 e. The number of hydrogen-bond acceptors (Lipinski definition) is 6. The first-order valence-electron chi connectivity index (χ1n) is 7.89. The summed E-state index contributed by atoms with van der Waals surface area (Å²) in [5.41, 5.74) is -0.488. The van der Waals surface area contributed by atoms with Crippen LogP contribution in [0.4, 0.5) is 5.69 Å². The second-order valence-electron chi connectivity index (χ2n) is 6.24. The van der Waals surface area contributed by atoms with E-state index in [-0.39, 0.29) is 27.1 Å². The van der Waals surface area contributed by atoms with Crippen molar-refractivity contribution in [1.82, 2.24) is 14.5 Å². The largest absolute Gasteiger partial charge is 0.501 e. The number of rotatable bonds is 3. The molecule has 0 atom stereocenters. The number of nitro groups is 1. The molecule has 0 radical (unpaired) electrons. The molecular weight excluding hydrogens is 395 g/mol. The molecule has 10 heteroatoms. The summed E-state index contributed by atoms with van der Waals surface area (Å²) in [6, 6.07) is 2.92. The van der Waals surface area contributed by atoms with Crippen molar-refractivity contribution in [2.45, 2.75) is 26.7 Å². The normalized spacial score (nSPS) is 11.3. The number of aromatic nitrogens is 3. The van der Waals surface area contributed by atoms with Gasteiger partial charge in [-0.2, -0.15) is 0 Å². The van der Waals surface area contributed by atoms with Crippen molar-refractivity contribution >= 4 is 39.9 Å². The van der Waals surface area contributed by atoms with Gasteiger partial charge in [-0.25, -0.2) is 4.98 Å². The molecule has 0 fully saturated rings. The molecule has 0 aliphatic heterocycles. The maximum atomic E-state index is 13.0. The summed E-state index contributed by atoms with van der Waals surface area (Å²) >= 11 is 12.0. The third-order valence-electron chi connectivity index (χ3n) is 4.12. The van der Waals surface area contributed by atoms with E-state index in [2.05, 4.69) is 9.97 Å². The molecule has 0 bridgehead atoms. The Balaban J connectivity index is 2.64. The van der Waals surface area contributed by atoms with Crippen LogP contribution in [0.5, 0.6) is 5.75 Å². The second-order valence-corrected chi connectivity index (χ2v) is 7.01. The van der Waals surface area contributed by atoms with Crippen molar-refractivity contribution in [2.24, 2.45) is 0 Å². The predicted molar refractivity (Wildman–Crippen MR) is 102 cm³/mol. The molecule has 3 heterocycles. The first-order chi connectivity index (χ1) is 12.6. The van der Waals surface area contributed by atoms with Gasteiger partial charge in [0.15, 0.2) is 5.65 Å². The third kappa shape index (κ3) is 3.00. The first-order valence-corrected chi connectivity index (χ1v) is 8.64. The zero-order chi connectivity index (χ0) is 20.0.